The summed E-state index contributed by atoms with van der Waals surface area (Å²) in [6.07, 6.45) is 1.75. The lowest BCUT2D eigenvalue weighted by atomic mass is 9.36. The molecular formula is C62H66BN5S. The fourth-order valence-electron chi connectivity index (χ4n) is 9.92. The molecule has 0 bridgehead atoms. The van der Waals surface area contributed by atoms with Gasteiger partial charge >= 0.3 is 0 Å². The van der Waals surface area contributed by atoms with E-state index < -0.39 is 131 Å². The number of hydrogen-bond acceptors (Lipinski definition) is 6. The minimum atomic E-state index is -1.11. The van der Waals surface area contributed by atoms with Crippen LogP contribution in [-0.2, 0) is 27.1 Å². The highest BCUT2D eigenvalue weighted by Gasteiger charge is 2.49. The molecule has 0 atom stereocenters. The van der Waals surface area contributed by atoms with Gasteiger partial charge in [-0.05, 0) is 140 Å². The normalized spacial score (nSPS) is 19.4. The number of nitrogens with zero attached hydrogens (tertiary/aromatic N) is 5. The Morgan fingerprint density at radius 1 is 0.594 bits per heavy atom. The van der Waals surface area contributed by atoms with Crippen LogP contribution in [0.4, 0.5) is 51.7 Å². The van der Waals surface area contributed by atoms with E-state index >= 15 is 0 Å². The molecule has 5 nitrogen and oxygen atoms in total. The van der Waals surface area contributed by atoms with Gasteiger partial charge in [-0.15, -0.1) is 11.3 Å². The van der Waals surface area contributed by atoms with Crippen LogP contribution in [0.25, 0.3) is 10.1 Å². The number of fused-ring (bicyclic) bond motifs is 7. The van der Waals surface area contributed by atoms with Crippen LogP contribution >= 0.6 is 11.3 Å². The number of benzene rings is 6. The first kappa shape index (κ1) is 29.8. The van der Waals surface area contributed by atoms with Crippen molar-refractivity contribution in [2.45, 2.75) is 130 Å². The average molecular weight is 941 g/mol. The van der Waals surface area contributed by atoms with Crippen molar-refractivity contribution >= 4 is 95.5 Å². The summed E-state index contributed by atoms with van der Waals surface area (Å²) >= 11 is 1.44. The molecule has 6 aromatic carbocycles. The monoisotopic (exact) mass is 941 g/mol. The highest BCUT2D eigenvalue weighted by atomic mass is 32.1. The summed E-state index contributed by atoms with van der Waals surface area (Å²) in [5, 5.41) is 0.766. The summed E-state index contributed by atoms with van der Waals surface area (Å²) in [7, 11) is 0. The first-order valence-electron chi connectivity index (χ1n) is 32.1. The summed E-state index contributed by atoms with van der Waals surface area (Å²) in [5.74, 6) is -0.825. The SMILES string of the molecule is [2H]c1c([2H])c([2H])c(N(c2nc3c4c(n2)N(c2ccc5c(c2)C(C)(C)CCC5(C)C)c2c(sc5ccc(C(C)(C)C)cc25)B4c2c([2H])c(C(C)(C)C)c([2H])c([2H])c2N3c2c([2H])c([2H])c(C(C)(C)C)c([2H])c2[2H])c2c([2H])c([2H])c([2H])c([2H])c2[2H])c([2H])c1[2H]. The van der Waals surface area contributed by atoms with Crippen molar-refractivity contribution in [3.05, 3.63) is 167 Å². The molecule has 0 unspecified atom stereocenters. The maximum absolute atomic E-state index is 10.5. The Morgan fingerprint density at radius 2 is 1.16 bits per heavy atom. The van der Waals surface area contributed by atoms with Gasteiger partial charge in [0.2, 0.25) is 5.95 Å². The van der Waals surface area contributed by atoms with Gasteiger partial charge in [-0.1, -0.05) is 163 Å². The van der Waals surface area contributed by atoms with Crippen molar-refractivity contribution in [3.63, 3.8) is 0 Å². The highest BCUT2D eigenvalue weighted by molar-refractivity contribution is 7.33. The Kier molecular flexibility index (Phi) is 6.76. The van der Waals surface area contributed by atoms with Gasteiger partial charge in [0.05, 0.1) is 29.0 Å². The van der Waals surface area contributed by atoms with Crippen molar-refractivity contribution in [1.29, 1.82) is 0 Å². The number of aromatic nitrogens is 2. The van der Waals surface area contributed by atoms with Gasteiger partial charge in [0, 0.05) is 48.8 Å². The van der Waals surface area contributed by atoms with Gasteiger partial charge in [0.25, 0.3) is 6.71 Å². The molecule has 0 fully saturated rings. The summed E-state index contributed by atoms with van der Waals surface area (Å²) in [6, 6.07) is 1.23. The fourth-order valence-corrected chi connectivity index (χ4v) is 11.2. The Labute approximate surface area is 439 Å². The third-order valence-electron chi connectivity index (χ3n) is 14.0. The lowest BCUT2D eigenvalue weighted by molar-refractivity contribution is 0.332. The standard InChI is InChI=1S/C62H66BN5S/c1-58(2,3)39-24-28-44(29-25-39)67-50-32-26-41(60(7,8)9)37-49(50)63-52-55(67)64-57(66(42-20-16-14-17-21-42)43-22-18-15-19-23-43)65-56(52)68(45-30-31-47-48(38-45)62(12,13)35-34-61(47,10)11)53-46-36-40(59(4,5)6)27-33-51(46)69-54(53)63/h14-33,36-38H,34-35H2,1-13H3/i14D,15D,16D,17D,18D,19D,20D,21D,22D,23D,24D,25D,26D,28D,29D,32D,37D. The largest absolute Gasteiger partial charge is 0.296 e. The molecule has 0 spiro atoms. The third-order valence-corrected chi connectivity index (χ3v) is 15.3. The van der Waals surface area contributed by atoms with E-state index in [1.807, 2.05) is 37.8 Å². The smallest absolute Gasteiger partial charge is 0.268 e. The van der Waals surface area contributed by atoms with E-state index in [1.54, 1.807) is 20.8 Å². The second kappa shape index (κ2) is 15.7. The van der Waals surface area contributed by atoms with Crippen LogP contribution in [0.5, 0.6) is 0 Å². The van der Waals surface area contributed by atoms with E-state index in [1.165, 1.54) is 16.2 Å². The fraction of sp³-hybridized carbons (Fsp3) is 0.323. The molecule has 3 aliphatic rings. The Morgan fingerprint density at radius 3 is 1.75 bits per heavy atom. The van der Waals surface area contributed by atoms with E-state index in [-0.39, 0.29) is 67.7 Å². The Hall–Kier alpha value is -6.18. The zero-order chi connectivity index (χ0) is 63.4. The topological polar surface area (TPSA) is 35.5 Å². The average Bonchev–Trinajstić information content (AvgIpc) is 1.11. The molecule has 0 amide bonds. The van der Waals surface area contributed by atoms with Crippen molar-refractivity contribution in [2.24, 2.45) is 0 Å². The second-order valence-corrected chi connectivity index (χ2v) is 24.1. The third kappa shape index (κ3) is 7.49. The van der Waals surface area contributed by atoms with Gasteiger partial charge in [-0.3, -0.25) is 14.7 Å². The number of thiophene rings is 1. The Balaban J connectivity index is 1.45. The quantitative estimate of drug-likeness (QED) is 0.161. The van der Waals surface area contributed by atoms with Crippen LogP contribution in [0.3, 0.4) is 0 Å². The molecule has 7 heteroatoms. The maximum atomic E-state index is 10.5. The molecule has 2 aliphatic heterocycles. The Bertz CT molecular complexity index is 4170. The molecule has 348 valence electrons. The molecule has 0 saturated heterocycles. The molecule has 0 N–H and O–H groups in total. The first-order valence-corrected chi connectivity index (χ1v) is 24.4. The van der Waals surface area contributed by atoms with Crippen LogP contribution < -0.4 is 30.4 Å². The summed E-state index contributed by atoms with van der Waals surface area (Å²) in [6.45, 7) is 24.8. The van der Waals surface area contributed by atoms with E-state index in [2.05, 4.69) is 72.7 Å². The number of hydrogen-bond donors (Lipinski definition) is 0. The van der Waals surface area contributed by atoms with E-state index in [9.17, 15) is 15.1 Å². The second-order valence-electron chi connectivity index (χ2n) is 23.0. The number of para-hydroxylation sites is 2. The van der Waals surface area contributed by atoms with Gasteiger partial charge < -0.3 is 0 Å². The van der Waals surface area contributed by atoms with Gasteiger partial charge in [0.1, 0.15) is 11.6 Å². The predicted octanol–water partition coefficient (Wildman–Crippen LogP) is 15.5. The van der Waals surface area contributed by atoms with Crippen molar-refractivity contribution in [1.82, 2.24) is 9.97 Å². The predicted molar refractivity (Wildman–Crippen MR) is 298 cm³/mol. The van der Waals surface area contributed by atoms with E-state index in [4.69, 9.17) is 18.2 Å². The molecule has 2 aromatic heterocycles. The number of rotatable bonds is 5. The van der Waals surface area contributed by atoms with Crippen LogP contribution in [0.1, 0.15) is 154 Å². The van der Waals surface area contributed by atoms with Crippen LogP contribution in [-0.4, -0.2) is 16.7 Å². The van der Waals surface area contributed by atoms with Crippen LogP contribution in [0, 0.1) is 0 Å². The molecule has 69 heavy (non-hydrogen) atoms. The van der Waals surface area contributed by atoms with Gasteiger partial charge in [-0.25, -0.2) is 0 Å². The lowest BCUT2D eigenvalue weighted by Crippen LogP contribution is -2.61. The molecule has 0 radical (unpaired) electrons. The van der Waals surface area contributed by atoms with Crippen molar-refractivity contribution < 1.29 is 23.3 Å². The van der Waals surface area contributed by atoms with E-state index in [0.29, 0.717) is 16.2 Å². The van der Waals surface area contributed by atoms with E-state index in [0.717, 1.165) is 44.5 Å². The van der Waals surface area contributed by atoms with Crippen LogP contribution in [0.2, 0.25) is 0 Å². The minimum Gasteiger partial charge on any atom is -0.296 e. The van der Waals surface area contributed by atoms with Crippen LogP contribution in [0.15, 0.2) is 139 Å². The summed E-state index contributed by atoms with van der Waals surface area (Å²) < 4.78 is 163. The molecule has 11 rings (SSSR count). The molecule has 8 aromatic rings. The zero-order valence-corrected chi connectivity index (χ0v) is 42.4. The molecule has 0 saturated carbocycles. The van der Waals surface area contributed by atoms with Crippen molar-refractivity contribution in [2.75, 3.05) is 14.7 Å². The van der Waals surface area contributed by atoms with Crippen molar-refractivity contribution in [3.8, 4) is 0 Å². The molecule has 4 heterocycles. The maximum Gasteiger partial charge on any atom is 0.268 e. The molecular weight excluding hydrogens is 858 g/mol. The number of anilines is 9. The zero-order valence-electron chi connectivity index (χ0n) is 58.6. The minimum absolute atomic E-state index is 0.0383. The first-order chi connectivity index (χ1) is 39.7. The van der Waals surface area contributed by atoms with Gasteiger partial charge in [-0.2, -0.15) is 9.97 Å². The summed E-state index contributed by atoms with van der Waals surface area (Å²) in [5.41, 5.74) is 0.206. The lowest BCUT2D eigenvalue weighted by Gasteiger charge is -2.44. The molecule has 1 aliphatic carbocycles. The highest BCUT2D eigenvalue weighted by Crippen LogP contribution is 2.52. The van der Waals surface area contributed by atoms with Gasteiger partial charge in [0.15, 0.2) is 0 Å². The summed E-state index contributed by atoms with van der Waals surface area (Å²) in [4.78, 5) is 14.8.